The summed E-state index contributed by atoms with van der Waals surface area (Å²) in [6.45, 7) is 1.93. The van der Waals surface area contributed by atoms with Gasteiger partial charge in [-0.05, 0) is 52.7 Å². The van der Waals surface area contributed by atoms with Crippen molar-refractivity contribution in [3.63, 3.8) is 0 Å². The molecule has 3 rings (SSSR count). The number of oxazole rings is 1. The summed E-state index contributed by atoms with van der Waals surface area (Å²) in [6, 6.07) is 10.6. The van der Waals surface area contributed by atoms with E-state index in [1.54, 1.807) is 31.3 Å². The number of rotatable bonds is 2. The van der Waals surface area contributed by atoms with Crippen molar-refractivity contribution in [1.29, 1.82) is 0 Å². The summed E-state index contributed by atoms with van der Waals surface area (Å²) in [5.41, 5.74) is 3.15. The van der Waals surface area contributed by atoms with Crippen molar-refractivity contribution in [2.24, 2.45) is 7.05 Å². The van der Waals surface area contributed by atoms with Crippen LogP contribution in [0.3, 0.4) is 0 Å². The number of hydrogen-bond acceptors (Lipinski definition) is 3. The molecule has 106 valence electrons. The van der Waals surface area contributed by atoms with Crippen molar-refractivity contribution in [3.05, 3.63) is 68.1 Å². The van der Waals surface area contributed by atoms with Crippen LogP contribution in [-0.2, 0) is 7.05 Å². The minimum absolute atomic E-state index is 0.112. The Morgan fingerprint density at radius 2 is 2.00 bits per heavy atom. The predicted molar refractivity (Wildman–Crippen MR) is 83.8 cm³/mol. The fraction of sp³-hybridized carbons (Fsp3) is 0.125. The number of ketones is 1. The van der Waals surface area contributed by atoms with Crippen LogP contribution in [0, 0.1) is 6.92 Å². The second-order valence-electron chi connectivity index (χ2n) is 4.88. The Hall–Kier alpha value is -2.14. The summed E-state index contributed by atoms with van der Waals surface area (Å²) in [5, 5.41) is 0. The lowest BCUT2D eigenvalue weighted by Crippen LogP contribution is -2.08. The maximum absolute atomic E-state index is 12.6. The lowest BCUT2D eigenvalue weighted by atomic mass is 10.0. The topological polar surface area (TPSA) is 52.2 Å². The first kappa shape index (κ1) is 13.8. The molecule has 1 heterocycles. The molecular formula is C16H12BrNO3. The van der Waals surface area contributed by atoms with Crippen LogP contribution in [-0.4, -0.2) is 10.4 Å². The molecule has 0 atom stereocenters. The smallest absolute Gasteiger partial charge is 0.408 e. The molecule has 0 saturated carbocycles. The lowest BCUT2D eigenvalue weighted by Gasteiger charge is -2.06. The first-order valence-corrected chi connectivity index (χ1v) is 7.17. The second-order valence-corrected chi connectivity index (χ2v) is 5.67. The van der Waals surface area contributed by atoms with Gasteiger partial charge in [0.15, 0.2) is 11.4 Å². The number of benzene rings is 2. The summed E-state index contributed by atoms with van der Waals surface area (Å²) in [6.07, 6.45) is 0. The molecule has 0 aliphatic rings. The van der Waals surface area contributed by atoms with Gasteiger partial charge in [0.1, 0.15) is 0 Å². The average Bonchev–Trinajstić information content (AvgIpc) is 2.76. The Labute approximate surface area is 129 Å². The van der Waals surface area contributed by atoms with Crippen LogP contribution >= 0.6 is 15.9 Å². The van der Waals surface area contributed by atoms with E-state index in [1.807, 2.05) is 19.1 Å². The Balaban J connectivity index is 2.14. The van der Waals surface area contributed by atoms with E-state index in [4.69, 9.17) is 4.42 Å². The van der Waals surface area contributed by atoms with E-state index in [2.05, 4.69) is 15.9 Å². The van der Waals surface area contributed by atoms with Gasteiger partial charge in [-0.2, -0.15) is 0 Å². The van der Waals surface area contributed by atoms with Crippen molar-refractivity contribution in [3.8, 4) is 0 Å². The predicted octanol–water partition coefficient (Wildman–Crippen LogP) is 3.43. The minimum Gasteiger partial charge on any atom is -0.408 e. The molecule has 0 N–H and O–H groups in total. The van der Waals surface area contributed by atoms with E-state index in [0.717, 1.165) is 10.0 Å². The number of carbonyl (C=O) groups is 1. The van der Waals surface area contributed by atoms with Crippen molar-refractivity contribution in [2.45, 2.75) is 6.92 Å². The van der Waals surface area contributed by atoms with Crippen LogP contribution in [0.25, 0.3) is 11.1 Å². The van der Waals surface area contributed by atoms with Gasteiger partial charge >= 0.3 is 5.76 Å². The van der Waals surface area contributed by atoms with Crippen LogP contribution in [0.1, 0.15) is 21.5 Å². The number of aryl methyl sites for hydroxylation is 2. The molecular weight excluding hydrogens is 334 g/mol. The van der Waals surface area contributed by atoms with Crippen LogP contribution in [0.15, 0.2) is 50.1 Å². The molecule has 2 aromatic carbocycles. The van der Waals surface area contributed by atoms with Gasteiger partial charge in [0, 0.05) is 22.6 Å². The maximum atomic E-state index is 12.6. The Morgan fingerprint density at radius 3 is 2.76 bits per heavy atom. The number of fused-ring (bicyclic) bond motifs is 1. The molecule has 0 saturated heterocycles. The molecule has 0 bridgehead atoms. The standard InChI is InChI=1S/C16H12BrNO3/c1-9-4-3-5-11(14(9)17)15(19)10-6-7-12-13(8-10)21-16(20)18(12)2/h3-8H,1-2H3. The average molecular weight is 346 g/mol. The van der Waals surface area contributed by atoms with Crippen molar-refractivity contribution in [1.82, 2.24) is 4.57 Å². The zero-order valence-electron chi connectivity index (χ0n) is 11.5. The molecule has 0 unspecified atom stereocenters. The Kier molecular flexibility index (Phi) is 3.29. The van der Waals surface area contributed by atoms with E-state index in [1.165, 1.54) is 4.57 Å². The lowest BCUT2D eigenvalue weighted by molar-refractivity contribution is 0.103. The molecule has 3 aromatic rings. The highest BCUT2D eigenvalue weighted by molar-refractivity contribution is 9.10. The first-order valence-electron chi connectivity index (χ1n) is 6.38. The first-order chi connectivity index (χ1) is 9.99. The second kappa shape index (κ2) is 5.00. The number of hydrogen-bond donors (Lipinski definition) is 0. The van der Waals surface area contributed by atoms with Gasteiger partial charge in [0.05, 0.1) is 5.52 Å². The van der Waals surface area contributed by atoms with Gasteiger partial charge in [-0.3, -0.25) is 9.36 Å². The van der Waals surface area contributed by atoms with Gasteiger partial charge in [-0.1, -0.05) is 12.1 Å². The third-order valence-corrected chi connectivity index (χ3v) is 4.54. The molecule has 0 aliphatic carbocycles. The van der Waals surface area contributed by atoms with Gasteiger partial charge in [0.25, 0.3) is 0 Å². The van der Waals surface area contributed by atoms with E-state index in [9.17, 15) is 9.59 Å². The third kappa shape index (κ3) is 2.23. The third-order valence-electron chi connectivity index (χ3n) is 3.49. The molecule has 1 aromatic heterocycles. The van der Waals surface area contributed by atoms with E-state index < -0.39 is 5.76 Å². The highest BCUT2D eigenvalue weighted by atomic mass is 79.9. The van der Waals surface area contributed by atoms with Gasteiger partial charge in [-0.15, -0.1) is 0 Å². The van der Waals surface area contributed by atoms with Crippen LogP contribution in [0.4, 0.5) is 0 Å². The van der Waals surface area contributed by atoms with Crippen LogP contribution < -0.4 is 5.76 Å². The number of carbonyl (C=O) groups excluding carboxylic acids is 1. The van der Waals surface area contributed by atoms with Crippen LogP contribution in [0.2, 0.25) is 0 Å². The zero-order valence-corrected chi connectivity index (χ0v) is 13.1. The number of aromatic nitrogens is 1. The highest BCUT2D eigenvalue weighted by Gasteiger charge is 2.15. The van der Waals surface area contributed by atoms with Gasteiger partial charge in [0.2, 0.25) is 0 Å². The Bertz CT molecular complexity index is 921. The molecule has 4 nitrogen and oxygen atoms in total. The summed E-state index contributed by atoms with van der Waals surface area (Å²) < 4.78 is 7.31. The van der Waals surface area contributed by atoms with E-state index in [-0.39, 0.29) is 5.78 Å². The maximum Gasteiger partial charge on any atom is 0.419 e. The SMILES string of the molecule is Cc1cccc(C(=O)c2ccc3c(c2)oc(=O)n3C)c1Br. The summed E-state index contributed by atoms with van der Waals surface area (Å²) in [5.74, 6) is -0.551. The number of nitrogens with zero attached hydrogens (tertiary/aromatic N) is 1. The van der Waals surface area contributed by atoms with Crippen molar-refractivity contribution in [2.75, 3.05) is 0 Å². The molecule has 0 spiro atoms. The normalized spacial score (nSPS) is 11.0. The minimum atomic E-state index is -0.439. The fourth-order valence-electron chi connectivity index (χ4n) is 2.25. The van der Waals surface area contributed by atoms with Gasteiger partial charge < -0.3 is 4.42 Å². The largest absolute Gasteiger partial charge is 0.419 e. The van der Waals surface area contributed by atoms with Crippen molar-refractivity contribution < 1.29 is 9.21 Å². The molecule has 5 heteroatoms. The molecule has 0 amide bonds. The number of halogens is 1. The Morgan fingerprint density at radius 1 is 1.24 bits per heavy atom. The molecule has 0 aliphatic heterocycles. The van der Waals surface area contributed by atoms with Crippen LogP contribution in [0.5, 0.6) is 0 Å². The quantitative estimate of drug-likeness (QED) is 0.668. The fourth-order valence-corrected chi connectivity index (χ4v) is 2.70. The summed E-state index contributed by atoms with van der Waals surface area (Å²) >= 11 is 3.45. The van der Waals surface area contributed by atoms with Crippen molar-refractivity contribution >= 4 is 32.8 Å². The molecule has 21 heavy (non-hydrogen) atoms. The summed E-state index contributed by atoms with van der Waals surface area (Å²) in [7, 11) is 1.63. The molecule has 0 radical (unpaired) electrons. The van der Waals surface area contributed by atoms with Gasteiger partial charge in [-0.25, -0.2) is 4.79 Å². The summed E-state index contributed by atoms with van der Waals surface area (Å²) in [4.78, 5) is 24.1. The van der Waals surface area contributed by atoms with E-state index >= 15 is 0 Å². The zero-order chi connectivity index (χ0) is 15.1. The highest BCUT2D eigenvalue weighted by Crippen LogP contribution is 2.25. The van der Waals surface area contributed by atoms with E-state index in [0.29, 0.717) is 22.2 Å². The molecule has 0 fully saturated rings. The monoisotopic (exact) mass is 345 g/mol.